The molecule has 29 heavy (non-hydrogen) atoms. The van der Waals surface area contributed by atoms with E-state index in [4.69, 9.17) is 0 Å². The van der Waals surface area contributed by atoms with Crippen molar-refractivity contribution in [3.63, 3.8) is 0 Å². The van der Waals surface area contributed by atoms with Gasteiger partial charge in [0.25, 0.3) is 0 Å². The Bertz CT molecular complexity index is 662. The molecule has 0 aliphatic rings. The first-order valence-corrected chi connectivity index (χ1v) is 7.69. The molecule has 0 bridgehead atoms. The van der Waals surface area contributed by atoms with Gasteiger partial charge in [0.1, 0.15) is 0 Å². The summed E-state index contributed by atoms with van der Waals surface area (Å²) in [5.41, 5.74) is 4.64. The summed E-state index contributed by atoms with van der Waals surface area (Å²) in [6.45, 7) is 11.3. The second-order valence-electron chi connectivity index (χ2n) is 7.08. The van der Waals surface area contributed by atoms with Gasteiger partial charge in [0, 0.05) is 25.8 Å². The van der Waals surface area contributed by atoms with Gasteiger partial charge in [-0.15, -0.1) is 34.5 Å². The number of benzene rings is 1. The van der Waals surface area contributed by atoms with E-state index in [0.717, 1.165) is 6.42 Å². The molecule has 0 atom stereocenters. The van der Waals surface area contributed by atoms with Crippen molar-refractivity contribution < 1.29 is 25.8 Å². The molecular formula is C28H47Hf-9. The molecule has 3 rings (SSSR count). The molecule has 0 unspecified atom stereocenters. The van der Waals surface area contributed by atoms with Crippen molar-refractivity contribution in [2.24, 2.45) is 5.41 Å². The van der Waals surface area contributed by atoms with Gasteiger partial charge in [-0.1, -0.05) is 38.3 Å². The van der Waals surface area contributed by atoms with E-state index in [1.54, 1.807) is 0 Å². The molecule has 0 heterocycles. The molecule has 0 saturated heterocycles. The maximum Gasteiger partial charge on any atom is 0 e. The van der Waals surface area contributed by atoms with Gasteiger partial charge in [-0.05, 0) is 19.3 Å². The third kappa shape index (κ3) is 14.6. The zero-order chi connectivity index (χ0) is 15.5. The van der Waals surface area contributed by atoms with Crippen LogP contribution in [0.15, 0.2) is 54.6 Å². The average molecular weight is 562 g/mol. The normalized spacial score (nSPS) is 8.17. The van der Waals surface area contributed by atoms with Gasteiger partial charge >= 0.3 is 0 Å². The van der Waals surface area contributed by atoms with Crippen molar-refractivity contribution in [1.29, 1.82) is 0 Å². The third-order valence-electron chi connectivity index (χ3n) is 3.75. The molecule has 0 radical (unpaired) electrons. The van der Waals surface area contributed by atoms with E-state index in [0.29, 0.717) is 5.41 Å². The fourth-order valence-electron chi connectivity index (χ4n) is 2.58. The van der Waals surface area contributed by atoms with Crippen LogP contribution in [-0.2, 0) is 32.3 Å². The Kier molecular flexibility index (Phi) is 32.5. The van der Waals surface area contributed by atoms with E-state index in [1.807, 2.05) is 30.3 Å². The number of hydrogen-bond acceptors (Lipinski definition) is 0. The molecular weight excluding hydrogens is 515 g/mol. The molecule has 0 spiro atoms. The Balaban J connectivity index is -0.0000000667. The smallest absolute Gasteiger partial charge is 0 e. The van der Waals surface area contributed by atoms with E-state index in [-0.39, 0.29) is 77.8 Å². The predicted octanol–water partition coefficient (Wildman–Crippen LogP) is 9.32. The minimum atomic E-state index is 0. The summed E-state index contributed by atoms with van der Waals surface area (Å²) in [6, 6.07) is 19.2. The number of hydrogen-bond donors (Lipinski definition) is 0. The minimum absolute atomic E-state index is 0. The fraction of sp³-hybridized carbons (Fsp3) is 0.250. The van der Waals surface area contributed by atoms with Crippen molar-refractivity contribution >= 4 is 10.8 Å². The molecule has 0 aliphatic carbocycles. The largest absolute Gasteiger partial charge is 0.358 e. The quantitative estimate of drug-likeness (QED) is 0.205. The summed E-state index contributed by atoms with van der Waals surface area (Å²) < 4.78 is 0. The Morgan fingerprint density at radius 2 is 1.24 bits per heavy atom. The van der Waals surface area contributed by atoms with E-state index in [1.165, 1.54) is 27.5 Å². The van der Waals surface area contributed by atoms with Crippen LogP contribution < -0.4 is 0 Å². The number of fused-ring (bicyclic) bond motifs is 1. The van der Waals surface area contributed by atoms with Crippen molar-refractivity contribution in [2.45, 2.75) is 41.0 Å². The topological polar surface area (TPSA) is 0 Å². The molecule has 1 heteroatoms. The summed E-state index contributed by atoms with van der Waals surface area (Å²) in [4.78, 5) is 0. The van der Waals surface area contributed by atoms with Gasteiger partial charge in [-0.25, -0.2) is 12.1 Å². The van der Waals surface area contributed by atoms with Crippen LogP contribution in [0.25, 0.3) is 10.8 Å². The molecule has 0 nitrogen and oxygen atoms in total. The van der Waals surface area contributed by atoms with Crippen LogP contribution in [-0.4, -0.2) is 0 Å². The van der Waals surface area contributed by atoms with Gasteiger partial charge in [0.15, 0.2) is 0 Å². The first-order valence-electron chi connectivity index (χ1n) is 7.69. The Morgan fingerprint density at radius 1 is 0.793 bits per heavy atom. The molecule has 0 aliphatic heterocycles. The Morgan fingerprint density at radius 3 is 1.62 bits per heavy atom. The molecule has 0 fully saturated rings. The molecule has 0 aromatic heterocycles. The molecule has 0 saturated carbocycles. The first kappa shape index (κ1) is 46.3. The third-order valence-corrected chi connectivity index (χ3v) is 3.75. The summed E-state index contributed by atoms with van der Waals surface area (Å²) in [7, 11) is 0. The number of rotatable bonds is 1. The van der Waals surface area contributed by atoms with Crippen LogP contribution in [0.5, 0.6) is 0 Å². The van der Waals surface area contributed by atoms with Gasteiger partial charge in [0.05, 0.1) is 0 Å². The van der Waals surface area contributed by atoms with E-state index < -0.39 is 0 Å². The zero-order valence-electron chi connectivity index (χ0n) is 21.4. The summed E-state index contributed by atoms with van der Waals surface area (Å²) in [5, 5.41) is 2.83. The minimum Gasteiger partial charge on any atom is -0.358 e. The first-order chi connectivity index (χ1) is 9.87. The standard InChI is InChI=1S/C16H21.C5H5.7CH3.Hf/c1-11-8-13-6-7-14(10-16(3,4)5)15(13)9-12(11)2;1-2-4-5-3-1;;;;;;;;/h6-9H,10H2,1-5H3;1-5H;7*1H3;/q9*-1;. The van der Waals surface area contributed by atoms with Crippen molar-refractivity contribution in [2.75, 3.05) is 0 Å². The SMILES string of the molecule is Cc1cc2cc[c-](CC(C)(C)C)c2cc1C.[CH3-].[CH3-].[CH3-].[CH3-].[CH3-].[CH3-].[CH3-].[Hf].c1cc[cH-]c1. The van der Waals surface area contributed by atoms with E-state index >= 15 is 0 Å². The Hall–Kier alpha value is -0.950. The van der Waals surface area contributed by atoms with Crippen molar-refractivity contribution in [3.05, 3.63) is 123 Å². The van der Waals surface area contributed by atoms with Crippen LogP contribution in [0.4, 0.5) is 0 Å². The maximum atomic E-state index is 2.34. The predicted molar refractivity (Wildman–Crippen MR) is 139 cm³/mol. The summed E-state index contributed by atoms with van der Waals surface area (Å²) >= 11 is 0. The van der Waals surface area contributed by atoms with Gasteiger partial charge < -0.3 is 52.0 Å². The second kappa shape index (κ2) is 20.3. The molecule has 3 aromatic carbocycles. The summed E-state index contributed by atoms with van der Waals surface area (Å²) in [6.07, 6.45) is 1.15. The van der Waals surface area contributed by atoms with Crippen LogP contribution >= 0.6 is 0 Å². The van der Waals surface area contributed by atoms with Crippen molar-refractivity contribution in [3.8, 4) is 0 Å². The van der Waals surface area contributed by atoms with Gasteiger partial charge in [-0.3, -0.25) is 0 Å². The number of aryl methyl sites for hydroxylation is 2. The maximum absolute atomic E-state index is 2.34. The molecule has 0 amide bonds. The van der Waals surface area contributed by atoms with Crippen LogP contribution in [0, 0.1) is 71.2 Å². The van der Waals surface area contributed by atoms with Crippen LogP contribution in [0.3, 0.4) is 0 Å². The van der Waals surface area contributed by atoms with Gasteiger partial charge in [0.2, 0.25) is 0 Å². The Labute approximate surface area is 205 Å². The van der Waals surface area contributed by atoms with Crippen LogP contribution in [0.1, 0.15) is 37.5 Å². The monoisotopic (exact) mass is 563 g/mol. The fourth-order valence-corrected chi connectivity index (χ4v) is 2.58. The zero-order valence-corrected chi connectivity index (χ0v) is 25.0. The summed E-state index contributed by atoms with van der Waals surface area (Å²) in [5.74, 6) is 0. The van der Waals surface area contributed by atoms with E-state index in [2.05, 4.69) is 58.9 Å². The van der Waals surface area contributed by atoms with Gasteiger partial charge in [-0.2, -0.15) is 24.3 Å². The van der Waals surface area contributed by atoms with Crippen molar-refractivity contribution in [1.82, 2.24) is 0 Å². The van der Waals surface area contributed by atoms with Crippen LogP contribution in [0.2, 0.25) is 0 Å². The molecule has 172 valence electrons. The molecule has 3 aromatic rings. The second-order valence-corrected chi connectivity index (χ2v) is 7.08. The molecule has 0 N–H and O–H groups in total. The van der Waals surface area contributed by atoms with E-state index in [9.17, 15) is 0 Å². The average Bonchev–Trinajstić information content (AvgIpc) is 3.04.